The Morgan fingerprint density at radius 3 is 2.58 bits per heavy atom. The topological polar surface area (TPSA) is 35.6 Å². The standard InChI is InChI=1S/C20H32N4/c1-7-19(24-14-17(4)11-22-24)9-8-10-20(5,6)18-12-21-23(15-18)13-16(2)3/h11-12,14-15,19H,2,7-10,13H2,1,3-6H3. The quantitative estimate of drug-likeness (QED) is 0.603. The first-order chi connectivity index (χ1) is 11.3. The van der Waals surface area contributed by atoms with Gasteiger partial charge >= 0.3 is 0 Å². The normalized spacial score (nSPS) is 13.2. The summed E-state index contributed by atoms with van der Waals surface area (Å²) in [6.07, 6.45) is 12.9. The van der Waals surface area contributed by atoms with Gasteiger partial charge in [0.1, 0.15) is 0 Å². The largest absolute Gasteiger partial charge is 0.269 e. The van der Waals surface area contributed by atoms with Gasteiger partial charge in [-0.15, -0.1) is 0 Å². The van der Waals surface area contributed by atoms with Crippen molar-refractivity contribution in [3.05, 3.63) is 48.1 Å². The van der Waals surface area contributed by atoms with Gasteiger partial charge in [0.2, 0.25) is 0 Å². The lowest BCUT2D eigenvalue weighted by molar-refractivity contribution is 0.366. The van der Waals surface area contributed by atoms with Crippen LogP contribution in [0.4, 0.5) is 0 Å². The molecule has 4 heteroatoms. The van der Waals surface area contributed by atoms with Gasteiger partial charge in [0, 0.05) is 12.4 Å². The van der Waals surface area contributed by atoms with E-state index in [1.54, 1.807) is 0 Å². The van der Waals surface area contributed by atoms with Gasteiger partial charge in [0.15, 0.2) is 0 Å². The maximum Gasteiger partial charge on any atom is 0.0614 e. The van der Waals surface area contributed by atoms with Crippen molar-refractivity contribution in [2.45, 2.75) is 78.3 Å². The highest BCUT2D eigenvalue weighted by Crippen LogP contribution is 2.30. The predicted molar refractivity (Wildman–Crippen MR) is 100 cm³/mol. The average Bonchev–Trinajstić information content (AvgIpc) is 3.12. The van der Waals surface area contributed by atoms with E-state index < -0.39 is 0 Å². The first-order valence-electron chi connectivity index (χ1n) is 9.00. The van der Waals surface area contributed by atoms with E-state index in [0.29, 0.717) is 6.04 Å². The van der Waals surface area contributed by atoms with E-state index in [-0.39, 0.29) is 5.41 Å². The second-order valence-corrected chi connectivity index (χ2v) is 7.72. The number of nitrogens with zero attached hydrogens (tertiary/aromatic N) is 4. The Balaban J connectivity index is 1.91. The molecule has 1 unspecified atom stereocenters. The minimum Gasteiger partial charge on any atom is -0.269 e. The molecule has 0 saturated heterocycles. The number of aryl methyl sites for hydroxylation is 1. The molecule has 0 bridgehead atoms. The highest BCUT2D eigenvalue weighted by atomic mass is 15.3. The molecule has 0 amide bonds. The third-order valence-corrected chi connectivity index (χ3v) is 4.76. The van der Waals surface area contributed by atoms with Crippen LogP contribution in [0.2, 0.25) is 0 Å². The Morgan fingerprint density at radius 2 is 2.00 bits per heavy atom. The van der Waals surface area contributed by atoms with Gasteiger partial charge in [-0.3, -0.25) is 9.36 Å². The molecule has 2 aromatic rings. The number of rotatable bonds is 9. The zero-order valence-electron chi connectivity index (χ0n) is 15.9. The second kappa shape index (κ2) is 7.82. The van der Waals surface area contributed by atoms with Crippen molar-refractivity contribution in [2.75, 3.05) is 0 Å². The fourth-order valence-corrected chi connectivity index (χ4v) is 3.16. The molecule has 0 spiro atoms. The second-order valence-electron chi connectivity index (χ2n) is 7.72. The van der Waals surface area contributed by atoms with Crippen LogP contribution in [-0.4, -0.2) is 19.6 Å². The lowest BCUT2D eigenvalue weighted by atomic mass is 9.81. The van der Waals surface area contributed by atoms with E-state index in [4.69, 9.17) is 0 Å². The molecule has 2 aromatic heterocycles. The molecule has 0 aliphatic heterocycles. The van der Waals surface area contributed by atoms with Gasteiger partial charge in [0.25, 0.3) is 0 Å². The van der Waals surface area contributed by atoms with E-state index in [1.807, 2.05) is 24.0 Å². The smallest absolute Gasteiger partial charge is 0.0614 e. The van der Waals surface area contributed by atoms with Crippen molar-refractivity contribution >= 4 is 0 Å². The highest BCUT2D eigenvalue weighted by molar-refractivity contribution is 5.17. The van der Waals surface area contributed by atoms with E-state index >= 15 is 0 Å². The van der Waals surface area contributed by atoms with Crippen LogP contribution in [0.1, 0.15) is 70.5 Å². The first-order valence-corrected chi connectivity index (χ1v) is 9.00. The number of hydrogen-bond acceptors (Lipinski definition) is 2. The van der Waals surface area contributed by atoms with Crippen LogP contribution in [0.25, 0.3) is 0 Å². The van der Waals surface area contributed by atoms with Crippen LogP contribution in [0.3, 0.4) is 0 Å². The monoisotopic (exact) mass is 328 g/mol. The van der Waals surface area contributed by atoms with Crippen LogP contribution in [0.15, 0.2) is 36.9 Å². The SMILES string of the molecule is C=C(C)Cn1cc(C(C)(C)CCCC(CC)n2cc(C)cn2)cn1. The summed E-state index contributed by atoms with van der Waals surface area (Å²) in [5.74, 6) is 0. The van der Waals surface area contributed by atoms with Crippen molar-refractivity contribution in [1.29, 1.82) is 0 Å². The maximum absolute atomic E-state index is 4.49. The molecule has 0 aliphatic rings. The highest BCUT2D eigenvalue weighted by Gasteiger charge is 2.23. The van der Waals surface area contributed by atoms with Crippen molar-refractivity contribution in [1.82, 2.24) is 19.6 Å². The third-order valence-electron chi connectivity index (χ3n) is 4.76. The van der Waals surface area contributed by atoms with Crippen LogP contribution < -0.4 is 0 Å². The summed E-state index contributed by atoms with van der Waals surface area (Å²) in [4.78, 5) is 0. The van der Waals surface area contributed by atoms with Crippen molar-refractivity contribution < 1.29 is 0 Å². The maximum atomic E-state index is 4.49. The summed E-state index contributed by atoms with van der Waals surface area (Å²) < 4.78 is 4.12. The fourth-order valence-electron chi connectivity index (χ4n) is 3.16. The Kier molecular flexibility index (Phi) is 6.03. The summed E-state index contributed by atoms with van der Waals surface area (Å²) in [7, 11) is 0. The molecule has 2 heterocycles. The molecular formula is C20H32N4. The third kappa shape index (κ3) is 4.83. The summed E-state index contributed by atoms with van der Waals surface area (Å²) in [6, 6.07) is 0.501. The molecule has 0 fully saturated rings. The predicted octanol–water partition coefficient (Wildman–Crippen LogP) is 5.06. The van der Waals surface area contributed by atoms with Gasteiger partial charge in [-0.25, -0.2) is 0 Å². The minimum atomic E-state index is 0.144. The van der Waals surface area contributed by atoms with Crippen molar-refractivity contribution in [3.63, 3.8) is 0 Å². The van der Waals surface area contributed by atoms with Crippen LogP contribution in [-0.2, 0) is 12.0 Å². The molecule has 132 valence electrons. The lowest BCUT2D eigenvalue weighted by Crippen LogP contribution is -2.17. The van der Waals surface area contributed by atoms with Gasteiger partial charge in [-0.2, -0.15) is 10.2 Å². The van der Waals surface area contributed by atoms with Gasteiger partial charge in [-0.1, -0.05) is 39.3 Å². The Hall–Kier alpha value is -1.84. The van der Waals surface area contributed by atoms with E-state index in [9.17, 15) is 0 Å². The zero-order chi connectivity index (χ0) is 17.7. The molecule has 2 rings (SSSR count). The van der Waals surface area contributed by atoms with E-state index in [1.165, 1.54) is 24.0 Å². The Bertz CT molecular complexity index is 663. The number of aromatic nitrogens is 4. The molecule has 0 N–H and O–H groups in total. The van der Waals surface area contributed by atoms with Crippen molar-refractivity contribution in [2.24, 2.45) is 0 Å². The number of allylic oxidation sites excluding steroid dienone is 1. The average molecular weight is 329 g/mol. The Morgan fingerprint density at radius 1 is 1.25 bits per heavy atom. The molecule has 4 nitrogen and oxygen atoms in total. The van der Waals surface area contributed by atoms with Gasteiger partial charge < -0.3 is 0 Å². The van der Waals surface area contributed by atoms with Crippen molar-refractivity contribution in [3.8, 4) is 0 Å². The zero-order valence-corrected chi connectivity index (χ0v) is 15.9. The molecule has 0 radical (unpaired) electrons. The molecular weight excluding hydrogens is 296 g/mol. The fraction of sp³-hybridized carbons (Fsp3) is 0.600. The molecule has 1 atom stereocenters. The molecule has 24 heavy (non-hydrogen) atoms. The Labute approximate surface area is 146 Å². The lowest BCUT2D eigenvalue weighted by Gasteiger charge is -2.24. The van der Waals surface area contributed by atoms with Crippen LogP contribution in [0.5, 0.6) is 0 Å². The summed E-state index contributed by atoms with van der Waals surface area (Å²) in [5, 5.41) is 8.96. The minimum absolute atomic E-state index is 0.144. The van der Waals surface area contributed by atoms with Gasteiger partial charge in [0.05, 0.1) is 25.0 Å². The summed E-state index contributed by atoms with van der Waals surface area (Å²) in [5.41, 5.74) is 3.82. The van der Waals surface area contributed by atoms with E-state index in [0.717, 1.165) is 25.0 Å². The van der Waals surface area contributed by atoms with E-state index in [2.05, 4.69) is 61.5 Å². The first kappa shape index (κ1) is 18.5. The molecule has 0 aliphatic carbocycles. The number of hydrogen-bond donors (Lipinski definition) is 0. The molecule has 0 saturated carbocycles. The summed E-state index contributed by atoms with van der Waals surface area (Å²) >= 11 is 0. The van der Waals surface area contributed by atoms with Crippen LogP contribution in [0, 0.1) is 6.92 Å². The summed E-state index contributed by atoms with van der Waals surface area (Å²) in [6.45, 7) is 15.8. The van der Waals surface area contributed by atoms with Crippen LogP contribution >= 0.6 is 0 Å². The molecule has 0 aromatic carbocycles. The van der Waals surface area contributed by atoms with Gasteiger partial charge in [-0.05, 0) is 49.7 Å².